The molecule has 1 saturated heterocycles. The molecule has 2 bridgehead atoms. The summed E-state index contributed by atoms with van der Waals surface area (Å²) in [5, 5.41) is 5.50. The number of nitrogens with one attached hydrogen (secondary N) is 2. The van der Waals surface area contributed by atoms with E-state index in [9.17, 15) is 23.2 Å². The zero-order valence-electron chi connectivity index (χ0n) is 23.5. The van der Waals surface area contributed by atoms with Gasteiger partial charge in [-0.2, -0.15) is 0 Å². The van der Waals surface area contributed by atoms with E-state index in [0.717, 1.165) is 24.2 Å². The van der Waals surface area contributed by atoms with E-state index < -0.39 is 29.0 Å². The van der Waals surface area contributed by atoms with Gasteiger partial charge >= 0.3 is 0 Å². The molecule has 3 heterocycles. The van der Waals surface area contributed by atoms with E-state index in [1.807, 2.05) is 17.6 Å². The Kier molecular flexibility index (Phi) is 7.67. The number of rotatable bonds is 7. The Labute approximate surface area is 246 Å². The summed E-state index contributed by atoms with van der Waals surface area (Å²) >= 11 is 0. The second kappa shape index (κ2) is 11.7. The average Bonchev–Trinajstić information content (AvgIpc) is 2.98. The molecule has 8 nitrogen and oxygen atoms in total. The number of benzene rings is 3. The number of hydrogen-bond donors (Lipinski definition) is 2. The van der Waals surface area contributed by atoms with Gasteiger partial charge in [0, 0.05) is 48.6 Å². The van der Waals surface area contributed by atoms with Crippen LogP contribution < -0.4 is 25.8 Å². The van der Waals surface area contributed by atoms with Gasteiger partial charge in [0.25, 0.3) is 17.4 Å². The van der Waals surface area contributed by atoms with E-state index in [0.29, 0.717) is 43.4 Å². The molecule has 1 aromatic heterocycles. The first-order valence-electron chi connectivity index (χ1n) is 14.2. The molecule has 2 aliphatic rings. The Balaban J connectivity index is 1.32. The third-order valence-electron chi connectivity index (χ3n) is 7.94. The van der Waals surface area contributed by atoms with E-state index in [1.54, 1.807) is 48.5 Å². The molecule has 4 aromatic rings. The van der Waals surface area contributed by atoms with Gasteiger partial charge in [-0.15, -0.1) is 0 Å². The molecule has 43 heavy (non-hydrogen) atoms. The lowest BCUT2D eigenvalue weighted by Crippen LogP contribution is -2.47. The molecule has 2 atom stereocenters. The normalized spacial score (nSPS) is 17.1. The molecule has 0 aliphatic carbocycles. The van der Waals surface area contributed by atoms with Crippen molar-refractivity contribution in [2.75, 3.05) is 35.2 Å². The number of halogens is 2. The molecular weight excluding hydrogens is 554 g/mol. The van der Waals surface area contributed by atoms with Gasteiger partial charge in [0.15, 0.2) is 0 Å². The van der Waals surface area contributed by atoms with Crippen molar-refractivity contribution < 1.29 is 23.1 Å². The Bertz CT molecular complexity index is 1730. The third-order valence-corrected chi connectivity index (χ3v) is 7.94. The van der Waals surface area contributed by atoms with E-state index in [4.69, 9.17) is 4.74 Å². The Hall–Kier alpha value is -4.99. The first-order valence-corrected chi connectivity index (χ1v) is 14.2. The number of pyridine rings is 1. The van der Waals surface area contributed by atoms with Crippen LogP contribution in [0.2, 0.25) is 0 Å². The second-order valence-corrected chi connectivity index (χ2v) is 10.8. The van der Waals surface area contributed by atoms with Crippen LogP contribution in [0.25, 0.3) is 0 Å². The number of aromatic nitrogens is 1. The van der Waals surface area contributed by atoms with Gasteiger partial charge in [-0.25, -0.2) is 8.78 Å². The fourth-order valence-electron chi connectivity index (χ4n) is 6.05. The van der Waals surface area contributed by atoms with E-state index in [-0.39, 0.29) is 28.6 Å². The van der Waals surface area contributed by atoms with Crippen molar-refractivity contribution in [3.8, 4) is 5.75 Å². The van der Waals surface area contributed by atoms with Gasteiger partial charge in [0.2, 0.25) is 0 Å². The lowest BCUT2D eigenvalue weighted by molar-refractivity contribution is 0.101. The van der Waals surface area contributed by atoms with Crippen molar-refractivity contribution >= 4 is 28.9 Å². The number of hydrogen-bond acceptors (Lipinski definition) is 5. The molecule has 2 amide bonds. The molecule has 10 heteroatoms. The predicted octanol–water partition coefficient (Wildman–Crippen LogP) is 5.65. The SMILES string of the molecule is CCOc1ccc(NC(=O)c2ccc(N3CC4CC(C3)c3cccc(=O)n3C4)c(NC(=O)c3c(F)cccc3F)c2)cc1. The molecule has 1 fully saturated rings. The third kappa shape index (κ3) is 5.73. The summed E-state index contributed by atoms with van der Waals surface area (Å²) < 4.78 is 36.3. The quantitative estimate of drug-likeness (QED) is 0.293. The van der Waals surface area contributed by atoms with Crippen LogP contribution in [-0.2, 0) is 6.54 Å². The van der Waals surface area contributed by atoms with Crippen LogP contribution in [0.4, 0.5) is 25.8 Å². The molecule has 3 aromatic carbocycles. The molecular formula is C33H30F2N4O4. The zero-order chi connectivity index (χ0) is 30.1. The van der Waals surface area contributed by atoms with Crippen LogP contribution in [0.15, 0.2) is 83.7 Å². The number of fused-ring (bicyclic) bond motifs is 4. The predicted molar refractivity (Wildman–Crippen MR) is 160 cm³/mol. The molecule has 220 valence electrons. The summed E-state index contributed by atoms with van der Waals surface area (Å²) in [6.07, 6.45) is 0.921. The van der Waals surface area contributed by atoms with E-state index in [1.165, 1.54) is 12.1 Å². The average molecular weight is 585 g/mol. The largest absolute Gasteiger partial charge is 0.494 e. The summed E-state index contributed by atoms with van der Waals surface area (Å²) in [5.41, 5.74) is 1.88. The van der Waals surface area contributed by atoms with Gasteiger partial charge < -0.3 is 24.8 Å². The molecule has 6 rings (SSSR count). The van der Waals surface area contributed by atoms with Crippen molar-refractivity contribution in [3.63, 3.8) is 0 Å². The van der Waals surface area contributed by atoms with Crippen LogP contribution in [0.1, 0.15) is 45.7 Å². The van der Waals surface area contributed by atoms with Gasteiger partial charge in [-0.05, 0) is 79.9 Å². The number of piperidine rings is 1. The van der Waals surface area contributed by atoms with Crippen LogP contribution in [0, 0.1) is 17.6 Å². The fourth-order valence-corrected chi connectivity index (χ4v) is 6.05. The highest BCUT2D eigenvalue weighted by Crippen LogP contribution is 2.39. The van der Waals surface area contributed by atoms with Crippen LogP contribution in [0.3, 0.4) is 0 Å². The maximum absolute atomic E-state index is 14.5. The van der Waals surface area contributed by atoms with Crippen molar-refractivity contribution in [1.29, 1.82) is 0 Å². The van der Waals surface area contributed by atoms with Gasteiger partial charge in [-0.3, -0.25) is 14.4 Å². The Morgan fingerprint density at radius 3 is 2.37 bits per heavy atom. The fraction of sp³-hybridized carbons (Fsp3) is 0.242. The molecule has 0 radical (unpaired) electrons. The highest BCUT2D eigenvalue weighted by molar-refractivity contribution is 6.09. The van der Waals surface area contributed by atoms with Crippen LogP contribution in [-0.4, -0.2) is 36.1 Å². The van der Waals surface area contributed by atoms with E-state index in [2.05, 4.69) is 15.5 Å². The lowest BCUT2D eigenvalue weighted by Gasteiger charge is -2.44. The number of anilines is 3. The highest BCUT2D eigenvalue weighted by atomic mass is 19.1. The molecule has 2 N–H and O–H groups in total. The zero-order valence-corrected chi connectivity index (χ0v) is 23.5. The number of carbonyl (C=O) groups excluding carboxylic acids is 2. The molecule has 2 aliphatic heterocycles. The van der Waals surface area contributed by atoms with Crippen LogP contribution >= 0.6 is 0 Å². The minimum Gasteiger partial charge on any atom is -0.494 e. The van der Waals surface area contributed by atoms with Crippen molar-refractivity contribution in [1.82, 2.24) is 4.57 Å². The maximum Gasteiger partial charge on any atom is 0.261 e. The maximum atomic E-state index is 14.5. The van der Waals surface area contributed by atoms with Crippen LogP contribution in [0.5, 0.6) is 5.75 Å². The summed E-state index contributed by atoms with van der Waals surface area (Å²) in [6.45, 7) is 4.15. The number of amides is 2. The van der Waals surface area contributed by atoms with Crippen molar-refractivity contribution in [2.24, 2.45) is 5.92 Å². The number of nitrogens with zero attached hydrogens (tertiary/aromatic N) is 2. The lowest BCUT2D eigenvalue weighted by atomic mass is 9.83. The topological polar surface area (TPSA) is 92.7 Å². The second-order valence-electron chi connectivity index (χ2n) is 10.8. The summed E-state index contributed by atoms with van der Waals surface area (Å²) in [7, 11) is 0. The number of carbonyl (C=O) groups is 2. The summed E-state index contributed by atoms with van der Waals surface area (Å²) in [4.78, 5) is 41.0. The van der Waals surface area contributed by atoms with Gasteiger partial charge in [-0.1, -0.05) is 12.1 Å². The van der Waals surface area contributed by atoms with Crippen molar-refractivity contribution in [3.05, 3.63) is 118 Å². The number of ether oxygens (including phenoxy) is 1. The van der Waals surface area contributed by atoms with E-state index >= 15 is 0 Å². The monoisotopic (exact) mass is 584 g/mol. The smallest absolute Gasteiger partial charge is 0.261 e. The van der Waals surface area contributed by atoms with Gasteiger partial charge in [0.1, 0.15) is 22.9 Å². The first kappa shape index (κ1) is 28.1. The highest BCUT2D eigenvalue weighted by Gasteiger charge is 2.35. The molecule has 0 spiro atoms. The Morgan fingerprint density at radius 2 is 1.63 bits per heavy atom. The minimum absolute atomic E-state index is 0.0246. The van der Waals surface area contributed by atoms with Gasteiger partial charge in [0.05, 0.1) is 18.0 Å². The first-order chi connectivity index (χ1) is 20.8. The Morgan fingerprint density at radius 1 is 0.884 bits per heavy atom. The minimum atomic E-state index is -0.988. The molecule has 2 unspecified atom stereocenters. The summed E-state index contributed by atoms with van der Waals surface area (Å²) in [5.74, 6) is -2.43. The molecule has 0 saturated carbocycles. The standard InChI is InChI=1S/C33H30F2N4O4/c1-2-43-24-12-10-23(11-13-24)36-32(41)21-9-14-29(27(16-21)37-33(42)31-25(34)5-3-6-26(31)35)38-17-20-15-22(19-38)28-7-4-8-30(40)39(28)18-20/h3-14,16,20,22H,2,15,17-19H2,1H3,(H,36,41)(H,37,42). The van der Waals surface area contributed by atoms with Crippen molar-refractivity contribution in [2.45, 2.75) is 25.8 Å². The summed E-state index contributed by atoms with van der Waals surface area (Å²) in [6, 6.07) is 20.3.